The van der Waals surface area contributed by atoms with Gasteiger partial charge in [0.15, 0.2) is 0 Å². The maximum absolute atomic E-state index is 12.6. The molecule has 0 saturated heterocycles. The zero-order valence-electron chi connectivity index (χ0n) is 11.1. The van der Waals surface area contributed by atoms with Crippen LogP contribution in [0.25, 0.3) is 0 Å². The number of hydrogen-bond acceptors (Lipinski definition) is 4. The molecule has 5 nitrogen and oxygen atoms in total. The number of para-hydroxylation sites is 2. The number of hydrogen-bond donors (Lipinski definition) is 1. The molecule has 0 aliphatic carbocycles. The second-order valence-electron chi connectivity index (χ2n) is 4.73. The van der Waals surface area contributed by atoms with E-state index in [9.17, 15) is 13.2 Å². The van der Waals surface area contributed by atoms with Crippen molar-refractivity contribution in [3.63, 3.8) is 0 Å². The van der Waals surface area contributed by atoms with Crippen molar-refractivity contribution in [2.45, 2.75) is 16.2 Å². The summed E-state index contributed by atoms with van der Waals surface area (Å²) in [6.45, 7) is 0.221. The molecule has 1 N–H and O–H groups in total. The van der Waals surface area contributed by atoms with Gasteiger partial charge in [-0.05, 0) is 24.3 Å². The van der Waals surface area contributed by atoms with Crippen molar-refractivity contribution < 1.29 is 18.3 Å². The zero-order chi connectivity index (χ0) is 15.0. The summed E-state index contributed by atoms with van der Waals surface area (Å²) in [5.74, 6) is -0.918. The number of nitrogens with zero attached hydrogens (tertiary/aromatic N) is 1. The largest absolute Gasteiger partial charge is 0.481 e. The first-order valence-corrected chi connectivity index (χ1v) is 7.92. The molecule has 0 fully saturated rings. The fourth-order valence-corrected chi connectivity index (χ4v) is 4.17. The maximum Gasteiger partial charge on any atom is 0.305 e. The van der Waals surface area contributed by atoms with Crippen molar-refractivity contribution in [3.8, 4) is 0 Å². The minimum atomic E-state index is -3.56. The van der Waals surface area contributed by atoms with E-state index in [1.54, 1.807) is 53.4 Å². The van der Waals surface area contributed by atoms with Crippen LogP contribution in [0.2, 0.25) is 0 Å². The fourth-order valence-electron chi connectivity index (χ4n) is 2.51. The molecule has 0 radical (unpaired) electrons. The van der Waals surface area contributed by atoms with Gasteiger partial charge >= 0.3 is 5.97 Å². The lowest BCUT2D eigenvalue weighted by Gasteiger charge is -2.32. The van der Waals surface area contributed by atoms with Gasteiger partial charge in [0.25, 0.3) is 0 Å². The standard InChI is InChI=1S/C15H13NO4S/c17-15(18)9-10-16-11-5-1-3-7-13(11)21(19,20)14-8-4-2-6-12(14)16/h1-8H,9-10H2,(H,17,18). The molecule has 0 amide bonds. The second kappa shape index (κ2) is 4.89. The minimum Gasteiger partial charge on any atom is -0.481 e. The van der Waals surface area contributed by atoms with Crippen LogP contribution in [0.1, 0.15) is 6.42 Å². The summed E-state index contributed by atoms with van der Waals surface area (Å²) >= 11 is 0. The smallest absolute Gasteiger partial charge is 0.305 e. The molecule has 2 aromatic carbocycles. The molecule has 1 heterocycles. The minimum absolute atomic E-state index is 0.0667. The molecule has 0 bridgehead atoms. The molecule has 0 saturated carbocycles. The van der Waals surface area contributed by atoms with Gasteiger partial charge < -0.3 is 10.0 Å². The zero-order valence-corrected chi connectivity index (χ0v) is 11.9. The van der Waals surface area contributed by atoms with Crippen LogP contribution in [-0.4, -0.2) is 26.0 Å². The van der Waals surface area contributed by atoms with Crippen LogP contribution in [0.15, 0.2) is 58.3 Å². The van der Waals surface area contributed by atoms with Gasteiger partial charge in [-0.2, -0.15) is 0 Å². The van der Waals surface area contributed by atoms with Crippen LogP contribution >= 0.6 is 0 Å². The third-order valence-corrected chi connectivity index (χ3v) is 5.29. The Bertz CT molecular complexity index is 760. The van der Waals surface area contributed by atoms with E-state index in [4.69, 9.17) is 5.11 Å². The Balaban J connectivity index is 2.21. The van der Waals surface area contributed by atoms with Crippen molar-refractivity contribution in [2.24, 2.45) is 0 Å². The van der Waals surface area contributed by atoms with E-state index in [0.29, 0.717) is 11.4 Å². The molecule has 6 heteroatoms. The average Bonchev–Trinajstić information content (AvgIpc) is 2.47. The third-order valence-electron chi connectivity index (χ3n) is 3.44. The molecular weight excluding hydrogens is 290 g/mol. The Kier molecular flexibility index (Phi) is 3.17. The topological polar surface area (TPSA) is 74.7 Å². The van der Waals surface area contributed by atoms with Crippen LogP contribution in [0.5, 0.6) is 0 Å². The van der Waals surface area contributed by atoms with E-state index in [0.717, 1.165) is 0 Å². The van der Waals surface area contributed by atoms with E-state index in [1.807, 2.05) is 0 Å². The molecule has 1 aliphatic heterocycles. The van der Waals surface area contributed by atoms with Crippen molar-refractivity contribution >= 4 is 27.2 Å². The summed E-state index contributed by atoms with van der Waals surface area (Å²) in [5, 5.41) is 8.90. The lowest BCUT2D eigenvalue weighted by Crippen LogP contribution is -2.28. The predicted octanol–water partition coefficient (Wildman–Crippen LogP) is 2.45. The molecule has 0 spiro atoms. The third kappa shape index (κ3) is 2.17. The normalized spacial score (nSPS) is 15.1. The van der Waals surface area contributed by atoms with Gasteiger partial charge in [-0.25, -0.2) is 8.42 Å². The molecule has 1 aliphatic rings. The van der Waals surface area contributed by atoms with Crippen LogP contribution in [0.4, 0.5) is 11.4 Å². The van der Waals surface area contributed by atoms with E-state index in [-0.39, 0.29) is 22.8 Å². The Morgan fingerprint density at radius 3 is 1.90 bits per heavy atom. The van der Waals surface area contributed by atoms with Crippen LogP contribution in [-0.2, 0) is 14.6 Å². The molecule has 0 aromatic heterocycles. The van der Waals surface area contributed by atoms with Gasteiger partial charge in [0.2, 0.25) is 9.84 Å². The van der Waals surface area contributed by atoms with Gasteiger partial charge in [-0.3, -0.25) is 4.79 Å². The fraction of sp³-hybridized carbons (Fsp3) is 0.133. The Labute approximate surface area is 122 Å². The highest BCUT2D eigenvalue weighted by Crippen LogP contribution is 2.43. The number of carbonyl (C=O) groups is 1. The highest BCUT2D eigenvalue weighted by Gasteiger charge is 2.33. The number of rotatable bonds is 3. The van der Waals surface area contributed by atoms with Crippen molar-refractivity contribution in [3.05, 3.63) is 48.5 Å². The number of anilines is 2. The summed E-state index contributed by atoms with van der Waals surface area (Å²) in [6.07, 6.45) is -0.0667. The number of benzene rings is 2. The van der Waals surface area contributed by atoms with Gasteiger partial charge in [-0.1, -0.05) is 24.3 Å². The molecule has 108 valence electrons. The highest BCUT2D eigenvalue weighted by atomic mass is 32.2. The van der Waals surface area contributed by atoms with Crippen molar-refractivity contribution in [1.29, 1.82) is 0 Å². The highest BCUT2D eigenvalue weighted by molar-refractivity contribution is 7.92. The lowest BCUT2D eigenvalue weighted by atomic mass is 10.2. The second-order valence-corrected chi connectivity index (χ2v) is 6.62. The van der Waals surface area contributed by atoms with Gasteiger partial charge in [-0.15, -0.1) is 0 Å². The maximum atomic E-state index is 12.6. The van der Waals surface area contributed by atoms with Crippen LogP contribution in [0, 0.1) is 0 Å². The first kappa shape index (κ1) is 13.6. The summed E-state index contributed by atoms with van der Waals surface area (Å²) in [4.78, 5) is 13.0. The van der Waals surface area contributed by atoms with E-state index in [2.05, 4.69) is 0 Å². The number of aliphatic carboxylic acids is 1. The van der Waals surface area contributed by atoms with Crippen LogP contribution < -0.4 is 4.90 Å². The van der Waals surface area contributed by atoms with Crippen molar-refractivity contribution in [2.75, 3.05) is 11.4 Å². The summed E-state index contributed by atoms with van der Waals surface area (Å²) in [7, 11) is -3.56. The number of carboxylic acids is 1. The molecule has 0 unspecified atom stereocenters. The van der Waals surface area contributed by atoms with E-state index >= 15 is 0 Å². The molecule has 2 aromatic rings. The van der Waals surface area contributed by atoms with E-state index < -0.39 is 15.8 Å². The molecule has 3 rings (SSSR count). The van der Waals surface area contributed by atoms with Gasteiger partial charge in [0.1, 0.15) is 0 Å². The van der Waals surface area contributed by atoms with Crippen LogP contribution in [0.3, 0.4) is 0 Å². The van der Waals surface area contributed by atoms with E-state index in [1.165, 1.54) is 0 Å². The summed E-state index contributed by atoms with van der Waals surface area (Å²) in [5.41, 5.74) is 1.05. The number of carboxylic acid groups (broad SMARTS) is 1. The Morgan fingerprint density at radius 2 is 1.43 bits per heavy atom. The Morgan fingerprint density at radius 1 is 0.952 bits per heavy atom. The quantitative estimate of drug-likeness (QED) is 0.942. The lowest BCUT2D eigenvalue weighted by molar-refractivity contribution is -0.136. The average molecular weight is 303 g/mol. The first-order valence-electron chi connectivity index (χ1n) is 6.44. The predicted molar refractivity (Wildman–Crippen MR) is 77.6 cm³/mol. The monoisotopic (exact) mass is 303 g/mol. The number of fused-ring (bicyclic) bond motifs is 2. The summed E-state index contributed by atoms with van der Waals surface area (Å²) in [6, 6.07) is 13.3. The van der Waals surface area contributed by atoms with Crippen molar-refractivity contribution in [1.82, 2.24) is 0 Å². The van der Waals surface area contributed by atoms with Gasteiger partial charge in [0, 0.05) is 6.54 Å². The molecule has 21 heavy (non-hydrogen) atoms. The first-order chi connectivity index (χ1) is 10.0. The van der Waals surface area contributed by atoms with Gasteiger partial charge in [0.05, 0.1) is 27.6 Å². The summed E-state index contributed by atoms with van der Waals surface area (Å²) < 4.78 is 25.3. The number of sulfone groups is 1. The molecule has 0 atom stereocenters. The molecular formula is C15H13NO4S. The SMILES string of the molecule is O=C(O)CCN1c2ccccc2S(=O)(=O)c2ccccc21. The Hall–Kier alpha value is -2.34.